The summed E-state index contributed by atoms with van der Waals surface area (Å²) in [6, 6.07) is 6.71. The summed E-state index contributed by atoms with van der Waals surface area (Å²) in [4.78, 5) is 7.04. The zero-order valence-electron chi connectivity index (χ0n) is 48.6. The maximum Gasteiger partial charge on any atom is 0.0136 e. The number of unbranched alkanes of at least 4 members (excludes halogenated alkanes) is 10. The Morgan fingerprint density at radius 1 is 0.333 bits per heavy atom. The molecule has 2 saturated heterocycles. The van der Waals surface area contributed by atoms with E-state index in [0.29, 0.717) is 0 Å². The van der Waals surface area contributed by atoms with Gasteiger partial charge < -0.3 is 10.6 Å². The summed E-state index contributed by atoms with van der Waals surface area (Å²) in [6.07, 6.45) is 63.1. The fraction of sp³-hybridized carbons (Fsp3) is 1.00. The van der Waals surface area contributed by atoms with Crippen LogP contribution in [-0.4, -0.2) is 71.2 Å². The van der Waals surface area contributed by atoms with Crippen LogP contribution in [0.2, 0.25) is 0 Å². The van der Waals surface area contributed by atoms with Crippen molar-refractivity contribution in [1.82, 2.24) is 20.4 Å². The largest absolute Gasteiger partial charge is 0.314 e. The van der Waals surface area contributed by atoms with Gasteiger partial charge in [-0.1, -0.05) is 130 Å². The van der Waals surface area contributed by atoms with Crippen molar-refractivity contribution in [2.24, 2.45) is 71.0 Å². The number of hydrogen-bond acceptors (Lipinski definition) is 4. The predicted molar refractivity (Wildman–Crippen MR) is 308 cm³/mol. The molecule has 4 nitrogen and oxygen atoms in total. The van der Waals surface area contributed by atoms with Gasteiger partial charge in [-0.25, -0.2) is 0 Å². The Morgan fingerprint density at radius 3 is 1.04 bits per heavy atom. The Morgan fingerprint density at radius 2 is 0.681 bits per heavy atom. The minimum atomic E-state index is 0.785. The highest BCUT2D eigenvalue weighted by Gasteiger charge is 2.63. The van der Waals surface area contributed by atoms with Crippen LogP contribution in [0.25, 0.3) is 0 Å². The molecule has 2 aliphatic heterocycles. The second-order valence-corrected chi connectivity index (χ2v) is 29.2. The number of nitrogens with one attached hydrogen (secondary N) is 2. The molecule has 0 aromatic rings. The van der Waals surface area contributed by atoms with Crippen LogP contribution in [-0.2, 0) is 0 Å². The third-order valence-corrected chi connectivity index (χ3v) is 24.9. The molecule has 2 heterocycles. The zero-order chi connectivity index (χ0) is 49.2. The Balaban J connectivity index is 0.948. The van der Waals surface area contributed by atoms with Gasteiger partial charge in [0.05, 0.1) is 0 Å². The number of rotatable bonds is 22. The third-order valence-electron chi connectivity index (χ3n) is 24.9. The van der Waals surface area contributed by atoms with Crippen molar-refractivity contribution in [3.05, 3.63) is 0 Å². The summed E-state index contributed by atoms with van der Waals surface area (Å²) >= 11 is 0. The van der Waals surface area contributed by atoms with E-state index in [0.717, 1.165) is 119 Å². The Hall–Kier alpha value is -0.160. The number of nitrogens with zero attached hydrogens (tertiary/aromatic N) is 2. The van der Waals surface area contributed by atoms with Gasteiger partial charge in [-0.15, -0.1) is 0 Å². The summed E-state index contributed by atoms with van der Waals surface area (Å²) in [5.74, 6) is 11.6. The van der Waals surface area contributed by atoms with Crippen molar-refractivity contribution in [2.45, 2.75) is 346 Å². The Labute approximate surface area is 448 Å². The zero-order valence-corrected chi connectivity index (χ0v) is 48.6. The molecule has 12 atom stereocenters. The van der Waals surface area contributed by atoms with Crippen LogP contribution in [0.4, 0.5) is 0 Å². The Bertz CT molecular complexity index is 1390. The molecule has 0 amide bonds. The Kier molecular flexibility index (Phi) is 21.2. The van der Waals surface area contributed by atoms with Gasteiger partial charge in [-0.3, -0.25) is 9.80 Å². The molecule has 0 radical (unpaired) electrons. The highest BCUT2D eigenvalue weighted by atomic mass is 15.2. The first-order chi connectivity index (χ1) is 35.5. The first-order valence-corrected chi connectivity index (χ1v) is 34.5. The lowest BCUT2D eigenvalue weighted by Gasteiger charge is -2.68. The first-order valence-electron chi connectivity index (χ1n) is 34.5. The minimum Gasteiger partial charge on any atom is -0.314 e. The highest BCUT2D eigenvalue weighted by molar-refractivity contribution is 5.15. The topological polar surface area (TPSA) is 30.5 Å². The third kappa shape index (κ3) is 13.3. The molecule has 8 aliphatic carbocycles. The van der Waals surface area contributed by atoms with Crippen molar-refractivity contribution in [3.63, 3.8) is 0 Å². The van der Waals surface area contributed by atoms with Crippen LogP contribution in [0.15, 0.2) is 0 Å². The summed E-state index contributed by atoms with van der Waals surface area (Å²) in [5.41, 5.74) is 0. The van der Waals surface area contributed by atoms with E-state index in [9.17, 15) is 0 Å². The SMILES string of the molecule is CCCCCCCCC1CCC(N(C2CCC(C)CC2)C2CC(C3CCCCN3)C3CCC4C5C(CCC2C35)C(C2CCCCN2)CC4N(C2CCC(C)CC2)C2CCC(CCCCCCCC)CC2)CC1. The van der Waals surface area contributed by atoms with Crippen LogP contribution < -0.4 is 10.6 Å². The van der Waals surface area contributed by atoms with Gasteiger partial charge in [0, 0.05) is 48.3 Å². The van der Waals surface area contributed by atoms with Crippen molar-refractivity contribution in [2.75, 3.05) is 13.1 Å². The van der Waals surface area contributed by atoms with E-state index in [1.54, 1.807) is 38.5 Å². The second-order valence-electron chi connectivity index (χ2n) is 29.2. The molecule has 10 aliphatic rings. The molecule has 72 heavy (non-hydrogen) atoms. The fourth-order valence-corrected chi connectivity index (χ4v) is 21.2. The van der Waals surface area contributed by atoms with Crippen LogP contribution in [0.1, 0.15) is 297 Å². The second kappa shape index (κ2) is 27.6. The maximum atomic E-state index is 4.37. The molecular weight excluding hydrogens is 873 g/mol. The molecule has 4 heteroatoms. The number of piperidine rings is 2. The van der Waals surface area contributed by atoms with Gasteiger partial charge in [0.25, 0.3) is 0 Å². The van der Waals surface area contributed by atoms with Gasteiger partial charge in [-0.05, 0) is 251 Å². The van der Waals surface area contributed by atoms with E-state index in [1.165, 1.54) is 244 Å². The van der Waals surface area contributed by atoms with E-state index in [2.05, 4.69) is 48.1 Å². The quantitative estimate of drug-likeness (QED) is 0.106. The molecule has 10 fully saturated rings. The first kappa shape index (κ1) is 55.2. The lowest BCUT2D eigenvalue weighted by Crippen LogP contribution is -2.69. The smallest absolute Gasteiger partial charge is 0.0136 e. The summed E-state index contributed by atoms with van der Waals surface area (Å²) in [6.45, 7) is 12.5. The molecule has 414 valence electrons. The molecule has 0 aromatic heterocycles. The molecule has 12 unspecified atom stereocenters. The highest BCUT2D eigenvalue weighted by Crippen LogP contribution is 2.65. The maximum absolute atomic E-state index is 4.37. The van der Waals surface area contributed by atoms with E-state index < -0.39 is 0 Å². The van der Waals surface area contributed by atoms with Gasteiger partial charge in [-0.2, -0.15) is 0 Å². The monoisotopic (exact) mass is 995 g/mol. The minimum absolute atomic E-state index is 0.785. The van der Waals surface area contributed by atoms with Gasteiger partial charge in [0.15, 0.2) is 0 Å². The fourth-order valence-electron chi connectivity index (χ4n) is 21.2. The van der Waals surface area contributed by atoms with E-state index in [-0.39, 0.29) is 0 Å². The normalized spacial score (nSPS) is 43.9. The van der Waals surface area contributed by atoms with E-state index in [1.807, 2.05) is 0 Å². The summed E-state index contributed by atoms with van der Waals surface area (Å²) in [5, 5.41) is 8.74. The van der Waals surface area contributed by atoms with E-state index >= 15 is 0 Å². The molecular formula is C68H122N4. The van der Waals surface area contributed by atoms with Crippen LogP contribution >= 0.6 is 0 Å². The summed E-state index contributed by atoms with van der Waals surface area (Å²) < 4.78 is 0. The standard InChI is InChI=1S/C68H122N4/c1-5-7-9-11-13-15-21-51-29-37-55(38-30-51)71(53-33-25-49(3)26-34-53)65-47-61(63-23-17-19-45-69-63)57-42-44-60-66(48-62(64-24-18-20-46-70-64)58-41-43-59(65)67(57)68(58)60)72(54-35-27-50(4)28-36-54)56-39-31-52(32-40-56)22-16-14-12-10-8-6-2/h49-70H,5-48H2,1-4H3. The molecule has 8 saturated carbocycles. The van der Waals surface area contributed by atoms with Crippen molar-refractivity contribution >= 4 is 0 Å². The summed E-state index contributed by atoms with van der Waals surface area (Å²) in [7, 11) is 0. The number of hydrogen-bond donors (Lipinski definition) is 2. The van der Waals surface area contributed by atoms with Gasteiger partial charge in [0.2, 0.25) is 0 Å². The van der Waals surface area contributed by atoms with Crippen molar-refractivity contribution in [3.8, 4) is 0 Å². The predicted octanol–water partition coefficient (Wildman–Crippen LogP) is 17.7. The molecule has 10 rings (SSSR count). The van der Waals surface area contributed by atoms with Crippen molar-refractivity contribution < 1.29 is 0 Å². The lowest BCUT2D eigenvalue weighted by atomic mass is 9.42. The van der Waals surface area contributed by atoms with Gasteiger partial charge in [0.1, 0.15) is 0 Å². The van der Waals surface area contributed by atoms with E-state index in [4.69, 9.17) is 0 Å². The van der Waals surface area contributed by atoms with Crippen molar-refractivity contribution in [1.29, 1.82) is 0 Å². The average molecular weight is 996 g/mol. The molecule has 2 N–H and O–H groups in total. The molecule has 0 spiro atoms. The lowest BCUT2D eigenvalue weighted by molar-refractivity contribution is -0.184. The average Bonchev–Trinajstić information content (AvgIpc) is 3.42. The van der Waals surface area contributed by atoms with Crippen LogP contribution in [0, 0.1) is 71.0 Å². The van der Waals surface area contributed by atoms with Crippen LogP contribution in [0.5, 0.6) is 0 Å². The molecule has 0 aromatic carbocycles. The molecule has 0 bridgehead atoms. The van der Waals surface area contributed by atoms with Gasteiger partial charge >= 0.3 is 0 Å². The van der Waals surface area contributed by atoms with Crippen LogP contribution in [0.3, 0.4) is 0 Å².